The summed E-state index contributed by atoms with van der Waals surface area (Å²) in [7, 11) is 0. The van der Waals surface area contributed by atoms with Gasteiger partial charge in [-0.3, -0.25) is 14.4 Å². The highest BCUT2D eigenvalue weighted by Crippen LogP contribution is 2.24. The lowest BCUT2D eigenvalue weighted by Crippen LogP contribution is -2.27. The molecule has 8 heteroatoms. The maximum Gasteiger partial charge on any atom is 0.313 e. The summed E-state index contributed by atoms with van der Waals surface area (Å²) in [5.74, 6) is -1.18. The first kappa shape index (κ1) is 22.2. The summed E-state index contributed by atoms with van der Waals surface area (Å²) in [6.45, 7) is 1.86. The zero-order valence-corrected chi connectivity index (χ0v) is 18.4. The van der Waals surface area contributed by atoms with E-state index in [1.165, 1.54) is 0 Å². The Morgan fingerprint density at radius 2 is 1.73 bits per heavy atom. The first-order valence-corrected chi connectivity index (χ1v) is 10.6. The Bertz CT molecular complexity index is 1390. The van der Waals surface area contributed by atoms with Gasteiger partial charge in [0.1, 0.15) is 0 Å². The first-order chi connectivity index (χ1) is 15.9. The van der Waals surface area contributed by atoms with Crippen LogP contribution in [0.5, 0.6) is 0 Å². The molecule has 2 N–H and O–H groups in total. The van der Waals surface area contributed by atoms with Gasteiger partial charge in [-0.2, -0.15) is 5.10 Å². The van der Waals surface area contributed by atoms with E-state index in [4.69, 9.17) is 16.3 Å². The van der Waals surface area contributed by atoms with Crippen LogP contribution < -0.4 is 10.9 Å². The Morgan fingerprint density at radius 3 is 2.45 bits per heavy atom. The van der Waals surface area contributed by atoms with Crippen LogP contribution in [0.3, 0.4) is 0 Å². The van der Waals surface area contributed by atoms with Gasteiger partial charge in [0.15, 0.2) is 0 Å². The molecule has 1 amide bonds. The molecule has 7 nitrogen and oxygen atoms in total. The molecule has 1 atom stereocenters. The van der Waals surface area contributed by atoms with E-state index >= 15 is 0 Å². The molecule has 4 aromatic rings. The van der Waals surface area contributed by atoms with Gasteiger partial charge in [-0.05, 0) is 30.7 Å². The number of carbonyl (C=O) groups excluding carboxylic acids is 2. The number of ether oxygens (including phenoxy) is 1. The lowest BCUT2D eigenvalue weighted by Gasteiger charge is -2.18. The van der Waals surface area contributed by atoms with Gasteiger partial charge in [-0.15, -0.1) is 0 Å². The van der Waals surface area contributed by atoms with Crippen molar-refractivity contribution < 1.29 is 14.3 Å². The van der Waals surface area contributed by atoms with E-state index in [-0.39, 0.29) is 12.0 Å². The van der Waals surface area contributed by atoms with E-state index in [9.17, 15) is 14.4 Å². The third kappa shape index (κ3) is 5.10. The molecule has 0 saturated carbocycles. The maximum atomic E-state index is 13.1. The number of fused-ring (bicyclic) bond motifs is 1. The van der Waals surface area contributed by atoms with Gasteiger partial charge in [0, 0.05) is 21.7 Å². The van der Waals surface area contributed by atoms with Crippen molar-refractivity contribution in [3.8, 4) is 0 Å². The minimum atomic E-state index is -1.19. The number of hydrogen-bond acceptors (Lipinski definition) is 5. The largest absolute Gasteiger partial charge is 0.447 e. The number of carbonyl (C=O) groups is 2. The summed E-state index contributed by atoms with van der Waals surface area (Å²) in [6.07, 6.45) is -1.41. The van der Waals surface area contributed by atoms with E-state index in [0.717, 1.165) is 5.56 Å². The lowest BCUT2D eigenvalue weighted by molar-refractivity contribution is -0.154. The highest BCUT2D eigenvalue weighted by molar-refractivity contribution is 6.31. The molecule has 0 bridgehead atoms. The smallest absolute Gasteiger partial charge is 0.313 e. The maximum absolute atomic E-state index is 13.1. The standard InChI is InChI=1S/C25H20ClN3O4/c1-15-11-12-17(13-20(15)26)27-25(32)23(16-7-3-2-4-8-16)33-22(30)14-21-18-9-5-6-10-19(18)24(31)29-28-21/h2-13,23H,14H2,1H3,(H,27,32)(H,29,31). The Morgan fingerprint density at radius 1 is 1.03 bits per heavy atom. The highest BCUT2D eigenvalue weighted by atomic mass is 35.5. The van der Waals surface area contributed by atoms with E-state index in [1.807, 2.05) is 6.92 Å². The minimum absolute atomic E-state index is 0.218. The topological polar surface area (TPSA) is 101 Å². The molecule has 0 aliphatic heterocycles. The average molecular weight is 462 g/mol. The van der Waals surface area contributed by atoms with Crippen LogP contribution in [0.2, 0.25) is 5.02 Å². The summed E-state index contributed by atoms with van der Waals surface area (Å²) in [5, 5.41) is 10.6. The normalized spacial score (nSPS) is 11.7. The van der Waals surface area contributed by atoms with Crippen LogP contribution in [0.4, 0.5) is 5.69 Å². The van der Waals surface area contributed by atoms with Crippen LogP contribution in [0, 0.1) is 6.92 Å². The van der Waals surface area contributed by atoms with Crippen molar-refractivity contribution >= 4 is 39.9 Å². The molecular formula is C25H20ClN3O4. The van der Waals surface area contributed by atoms with Gasteiger partial charge in [0.2, 0.25) is 6.10 Å². The van der Waals surface area contributed by atoms with Gasteiger partial charge < -0.3 is 10.1 Å². The number of aryl methyl sites for hydroxylation is 1. The summed E-state index contributed by atoms with van der Waals surface area (Å²) >= 11 is 6.16. The summed E-state index contributed by atoms with van der Waals surface area (Å²) in [5.41, 5.74) is 1.89. The van der Waals surface area contributed by atoms with Crippen molar-refractivity contribution in [1.82, 2.24) is 10.2 Å². The van der Waals surface area contributed by atoms with E-state index < -0.39 is 18.0 Å². The number of H-pyrrole nitrogens is 1. The number of halogens is 1. The zero-order valence-electron chi connectivity index (χ0n) is 17.7. The van der Waals surface area contributed by atoms with E-state index in [0.29, 0.717) is 32.7 Å². The summed E-state index contributed by atoms with van der Waals surface area (Å²) in [6, 6.07) is 20.7. The molecule has 166 valence electrons. The monoisotopic (exact) mass is 461 g/mol. The van der Waals surface area contributed by atoms with E-state index in [2.05, 4.69) is 15.5 Å². The number of nitrogens with zero attached hydrogens (tertiary/aromatic N) is 1. The van der Waals surface area contributed by atoms with Gasteiger partial charge in [0.05, 0.1) is 17.5 Å². The molecule has 3 aromatic carbocycles. The molecule has 4 rings (SSSR count). The fourth-order valence-corrected chi connectivity index (χ4v) is 3.58. The molecule has 1 heterocycles. The quantitative estimate of drug-likeness (QED) is 0.416. The number of benzene rings is 3. The van der Waals surface area contributed by atoms with Gasteiger partial charge in [-0.1, -0.05) is 66.2 Å². The molecule has 0 radical (unpaired) electrons. The summed E-state index contributed by atoms with van der Waals surface area (Å²) < 4.78 is 5.59. The van der Waals surface area contributed by atoms with Crippen LogP contribution in [0.25, 0.3) is 10.8 Å². The summed E-state index contributed by atoms with van der Waals surface area (Å²) in [4.78, 5) is 37.9. The zero-order chi connectivity index (χ0) is 23.4. The molecule has 0 aliphatic carbocycles. The van der Waals surface area contributed by atoms with Crippen LogP contribution in [-0.2, 0) is 20.7 Å². The van der Waals surface area contributed by atoms with Crippen molar-refractivity contribution in [3.63, 3.8) is 0 Å². The number of anilines is 1. The van der Waals surface area contributed by atoms with Crippen molar-refractivity contribution in [2.75, 3.05) is 5.32 Å². The Labute approximate surface area is 194 Å². The van der Waals surface area contributed by atoms with E-state index in [1.54, 1.807) is 72.8 Å². The second-order valence-electron chi connectivity index (χ2n) is 7.46. The molecule has 0 spiro atoms. The van der Waals surface area contributed by atoms with Crippen molar-refractivity contribution in [2.45, 2.75) is 19.4 Å². The molecule has 33 heavy (non-hydrogen) atoms. The predicted octanol–water partition coefficient (Wildman–Crippen LogP) is 4.35. The highest BCUT2D eigenvalue weighted by Gasteiger charge is 2.26. The SMILES string of the molecule is Cc1ccc(NC(=O)C(OC(=O)Cc2n[nH]c(=O)c3ccccc23)c2ccccc2)cc1Cl. The Balaban J connectivity index is 1.57. The van der Waals surface area contributed by atoms with Crippen molar-refractivity contribution in [3.05, 3.63) is 105 Å². The first-order valence-electron chi connectivity index (χ1n) is 10.2. The minimum Gasteiger partial charge on any atom is -0.447 e. The lowest BCUT2D eigenvalue weighted by atomic mass is 10.1. The number of rotatable bonds is 6. The predicted molar refractivity (Wildman–Crippen MR) is 126 cm³/mol. The molecule has 1 aromatic heterocycles. The third-order valence-corrected chi connectivity index (χ3v) is 5.52. The van der Waals surface area contributed by atoms with Crippen molar-refractivity contribution in [1.29, 1.82) is 0 Å². The number of hydrogen-bond donors (Lipinski definition) is 2. The fourth-order valence-electron chi connectivity index (χ4n) is 3.40. The fraction of sp³-hybridized carbons (Fsp3) is 0.120. The van der Waals surface area contributed by atoms with Gasteiger partial charge in [0.25, 0.3) is 11.5 Å². The Kier molecular flexibility index (Phi) is 6.51. The molecular weight excluding hydrogens is 442 g/mol. The van der Waals surface area contributed by atoms with Crippen LogP contribution in [0.15, 0.2) is 77.6 Å². The van der Waals surface area contributed by atoms with Gasteiger partial charge in [-0.25, -0.2) is 5.10 Å². The second-order valence-corrected chi connectivity index (χ2v) is 7.86. The average Bonchev–Trinajstić information content (AvgIpc) is 2.82. The van der Waals surface area contributed by atoms with Crippen molar-refractivity contribution in [2.24, 2.45) is 0 Å². The number of amides is 1. The third-order valence-electron chi connectivity index (χ3n) is 5.12. The molecule has 1 unspecified atom stereocenters. The van der Waals surface area contributed by atoms with Crippen LogP contribution in [0.1, 0.15) is 22.9 Å². The van der Waals surface area contributed by atoms with Gasteiger partial charge >= 0.3 is 5.97 Å². The number of esters is 1. The molecule has 0 fully saturated rings. The second kappa shape index (κ2) is 9.67. The van der Waals surface area contributed by atoms with Crippen LogP contribution >= 0.6 is 11.6 Å². The molecule has 0 saturated heterocycles. The number of nitrogens with one attached hydrogen (secondary N) is 2. The van der Waals surface area contributed by atoms with Crippen LogP contribution in [-0.4, -0.2) is 22.1 Å². The number of aromatic nitrogens is 2. The molecule has 0 aliphatic rings. The Hall–Kier alpha value is -3.97. The number of aromatic amines is 1.